The average molecular weight is 297 g/mol. The van der Waals surface area contributed by atoms with Crippen molar-refractivity contribution in [1.29, 1.82) is 0 Å². The SMILES string of the molecule is CC(NS(=O)(=O)c1c[nH]c2ncccc12)C(C)C(=O)O. The highest BCUT2D eigenvalue weighted by Gasteiger charge is 2.26. The Morgan fingerprint density at radius 2 is 2.15 bits per heavy atom. The summed E-state index contributed by atoms with van der Waals surface area (Å²) in [6, 6.07) is 2.55. The van der Waals surface area contributed by atoms with Crippen LogP contribution in [0.3, 0.4) is 0 Å². The van der Waals surface area contributed by atoms with Crippen molar-refractivity contribution in [2.45, 2.75) is 24.8 Å². The summed E-state index contributed by atoms with van der Waals surface area (Å²) < 4.78 is 27.0. The molecule has 0 aliphatic carbocycles. The fourth-order valence-electron chi connectivity index (χ4n) is 1.78. The van der Waals surface area contributed by atoms with Crippen LogP contribution in [-0.2, 0) is 14.8 Å². The van der Waals surface area contributed by atoms with Crippen LogP contribution in [-0.4, -0.2) is 35.5 Å². The molecule has 2 unspecified atom stereocenters. The first kappa shape index (κ1) is 14.5. The molecular formula is C12H15N3O4S. The van der Waals surface area contributed by atoms with Crippen molar-refractivity contribution in [3.8, 4) is 0 Å². The van der Waals surface area contributed by atoms with Crippen LogP contribution < -0.4 is 4.72 Å². The molecule has 3 N–H and O–H groups in total. The number of carboxylic acids is 1. The fourth-order valence-corrected chi connectivity index (χ4v) is 3.27. The number of nitrogens with one attached hydrogen (secondary N) is 2. The van der Waals surface area contributed by atoms with E-state index in [4.69, 9.17) is 5.11 Å². The van der Waals surface area contributed by atoms with E-state index in [1.165, 1.54) is 20.0 Å². The molecule has 2 rings (SSSR count). The highest BCUT2D eigenvalue weighted by Crippen LogP contribution is 2.21. The van der Waals surface area contributed by atoms with E-state index in [-0.39, 0.29) is 4.90 Å². The molecule has 20 heavy (non-hydrogen) atoms. The summed E-state index contributed by atoms with van der Waals surface area (Å²) in [5.41, 5.74) is 0.465. The molecule has 0 bridgehead atoms. The Morgan fingerprint density at radius 3 is 2.80 bits per heavy atom. The first-order valence-corrected chi connectivity index (χ1v) is 7.48. The molecule has 0 spiro atoms. The van der Waals surface area contributed by atoms with Crippen molar-refractivity contribution in [1.82, 2.24) is 14.7 Å². The summed E-state index contributed by atoms with van der Waals surface area (Å²) in [6.45, 7) is 2.97. The average Bonchev–Trinajstić information content (AvgIpc) is 2.81. The number of hydrogen-bond donors (Lipinski definition) is 3. The summed E-state index contributed by atoms with van der Waals surface area (Å²) >= 11 is 0. The normalized spacial score (nSPS) is 15.1. The van der Waals surface area contributed by atoms with Crippen molar-refractivity contribution in [3.63, 3.8) is 0 Å². The second-order valence-electron chi connectivity index (χ2n) is 4.59. The largest absolute Gasteiger partial charge is 0.481 e. The summed E-state index contributed by atoms with van der Waals surface area (Å²) in [5, 5.41) is 9.37. The Morgan fingerprint density at radius 1 is 1.45 bits per heavy atom. The third-order valence-corrected chi connectivity index (χ3v) is 4.78. The number of pyridine rings is 1. The van der Waals surface area contributed by atoms with Crippen LogP contribution in [0.5, 0.6) is 0 Å². The van der Waals surface area contributed by atoms with Gasteiger partial charge in [0.1, 0.15) is 10.5 Å². The molecule has 0 saturated carbocycles. The number of hydrogen-bond acceptors (Lipinski definition) is 4. The fraction of sp³-hybridized carbons (Fsp3) is 0.333. The summed E-state index contributed by atoms with van der Waals surface area (Å²) in [6.07, 6.45) is 2.90. The summed E-state index contributed by atoms with van der Waals surface area (Å²) in [7, 11) is -3.81. The van der Waals surface area contributed by atoms with E-state index in [1.54, 1.807) is 18.3 Å². The smallest absolute Gasteiger partial charge is 0.307 e. The van der Waals surface area contributed by atoms with Gasteiger partial charge in [-0.25, -0.2) is 18.1 Å². The maximum Gasteiger partial charge on any atom is 0.307 e. The molecule has 8 heteroatoms. The lowest BCUT2D eigenvalue weighted by Gasteiger charge is -2.17. The maximum absolute atomic E-state index is 12.3. The first-order chi connectivity index (χ1) is 9.33. The standard InChI is InChI=1S/C12H15N3O4S/c1-7(12(16)17)8(2)15-20(18,19)10-6-14-11-9(10)4-3-5-13-11/h3-8,15H,1-2H3,(H,13,14)(H,16,17). The highest BCUT2D eigenvalue weighted by atomic mass is 32.2. The molecule has 2 aromatic rings. The van der Waals surface area contributed by atoms with Crippen LogP contribution in [0.25, 0.3) is 11.0 Å². The number of aliphatic carboxylic acids is 1. The van der Waals surface area contributed by atoms with E-state index < -0.39 is 28.0 Å². The Balaban J connectivity index is 2.34. The molecule has 0 aromatic carbocycles. The molecule has 0 radical (unpaired) electrons. The van der Waals surface area contributed by atoms with Crippen LogP contribution in [0.1, 0.15) is 13.8 Å². The lowest BCUT2D eigenvalue weighted by Crippen LogP contribution is -2.39. The third-order valence-electron chi connectivity index (χ3n) is 3.18. The van der Waals surface area contributed by atoms with Gasteiger partial charge >= 0.3 is 5.97 Å². The molecule has 2 atom stereocenters. The van der Waals surface area contributed by atoms with Crippen LogP contribution in [0, 0.1) is 5.92 Å². The Labute approximate surface area is 116 Å². The Hall–Kier alpha value is -1.93. The van der Waals surface area contributed by atoms with E-state index in [0.717, 1.165) is 0 Å². The van der Waals surface area contributed by atoms with E-state index in [2.05, 4.69) is 14.7 Å². The second kappa shape index (κ2) is 5.22. The Bertz CT molecular complexity index is 738. The molecule has 0 aliphatic rings. The predicted molar refractivity (Wildman–Crippen MR) is 72.7 cm³/mol. The zero-order valence-electron chi connectivity index (χ0n) is 11.0. The predicted octanol–water partition coefficient (Wildman–Crippen LogP) is 0.950. The Kier molecular flexibility index (Phi) is 3.78. The first-order valence-electron chi connectivity index (χ1n) is 6.00. The van der Waals surface area contributed by atoms with Gasteiger partial charge in [-0.15, -0.1) is 0 Å². The molecule has 0 saturated heterocycles. The maximum atomic E-state index is 12.3. The minimum absolute atomic E-state index is 0.0602. The van der Waals surface area contributed by atoms with Crippen molar-refractivity contribution >= 4 is 27.0 Å². The molecular weight excluding hydrogens is 282 g/mol. The number of carbonyl (C=O) groups is 1. The number of carboxylic acid groups (broad SMARTS) is 1. The van der Waals surface area contributed by atoms with E-state index >= 15 is 0 Å². The van der Waals surface area contributed by atoms with Gasteiger partial charge in [0, 0.05) is 23.8 Å². The van der Waals surface area contributed by atoms with Gasteiger partial charge in [0.25, 0.3) is 0 Å². The van der Waals surface area contributed by atoms with Gasteiger partial charge in [0.2, 0.25) is 10.0 Å². The number of nitrogens with zero attached hydrogens (tertiary/aromatic N) is 1. The van der Waals surface area contributed by atoms with E-state index in [1.807, 2.05) is 0 Å². The number of rotatable bonds is 5. The number of fused-ring (bicyclic) bond motifs is 1. The minimum Gasteiger partial charge on any atom is -0.481 e. The van der Waals surface area contributed by atoms with Gasteiger partial charge in [-0.3, -0.25) is 4.79 Å². The molecule has 2 heterocycles. The molecule has 7 nitrogen and oxygen atoms in total. The van der Waals surface area contributed by atoms with Crippen molar-refractivity contribution in [2.75, 3.05) is 0 Å². The number of H-pyrrole nitrogens is 1. The van der Waals surface area contributed by atoms with Gasteiger partial charge in [0.05, 0.1) is 5.92 Å². The van der Waals surface area contributed by atoms with Crippen LogP contribution >= 0.6 is 0 Å². The van der Waals surface area contributed by atoms with Crippen molar-refractivity contribution < 1.29 is 18.3 Å². The third kappa shape index (κ3) is 2.66. The molecule has 2 aromatic heterocycles. The molecule has 108 valence electrons. The minimum atomic E-state index is -3.81. The van der Waals surface area contributed by atoms with Gasteiger partial charge < -0.3 is 10.1 Å². The molecule has 0 amide bonds. The summed E-state index contributed by atoms with van der Waals surface area (Å²) in [5.74, 6) is -1.88. The topological polar surface area (TPSA) is 112 Å². The molecule has 0 aliphatic heterocycles. The van der Waals surface area contributed by atoms with Crippen LogP contribution in [0.4, 0.5) is 0 Å². The van der Waals surface area contributed by atoms with Gasteiger partial charge in [-0.05, 0) is 19.1 Å². The second-order valence-corrected chi connectivity index (χ2v) is 6.27. The van der Waals surface area contributed by atoms with E-state index in [9.17, 15) is 13.2 Å². The quantitative estimate of drug-likeness (QED) is 0.760. The number of aromatic nitrogens is 2. The molecule has 0 fully saturated rings. The van der Waals surface area contributed by atoms with Crippen LogP contribution in [0.15, 0.2) is 29.4 Å². The van der Waals surface area contributed by atoms with Gasteiger partial charge in [-0.1, -0.05) is 6.92 Å². The lowest BCUT2D eigenvalue weighted by molar-refractivity contribution is -0.141. The number of sulfonamides is 1. The lowest BCUT2D eigenvalue weighted by atomic mass is 10.1. The van der Waals surface area contributed by atoms with Crippen LogP contribution in [0.2, 0.25) is 0 Å². The van der Waals surface area contributed by atoms with Crippen molar-refractivity contribution in [2.24, 2.45) is 5.92 Å². The van der Waals surface area contributed by atoms with Gasteiger partial charge in [0.15, 0.2) is 0 Å². The monoisotopic (exact) mass is 297 g/mol. The number of aromatic amines is 1. The highest BCUT2D eigenvalue weighted by molar-refractivity contribution is 7.89. The summed E-state index contributed by atoms with van der Waals surface area (Å²) in [4.78, 5) is 17.7. The zero-order chi connectivity index (χ0) is 14.9. The van der Waals surface area contributed by atoms with E-state index in [0.29, 0.717) is 11.0 Å². The zero-order valence-corrected chi connectivity index (χ0v) is 11.8. The van der Waals surface area contributed by atoms with Gasteiger partial charge in [-0.2, -0.15) is 0 Å². The van der Waals surface area contributed by atoms with Crippen molar-refractivity contribution in [3.05, 3.63) is 24.5 Å².